The Morgan fingerprint density at radius 2 is 1.60 bits per heavy atom. The molecule has 3 fully saturated rings. The zero-order valence-corrected chi connectivity index (χ0v) is 30.5. The molecule has 9 nitrogen and oxygen atoms in total. The molecule has 0 radical (unpaired) electrons. The number of hydrogen-bond acceptors (Lipinski definition) is 7. The number of alkyl halides is 1. The Bertz CT molecular complexity index is 1510. The van der Waals surface area contributed by atoms with E-state index in [0.717, 1.165) is 0 Å². The van der Waals surface area contributed by atoms with E-state index in [1.165, 1.54) is 0 Å². The molecule has 3 aliphatic rings. The van der Waals surface area contributed by atoms with Crippen molar-refractivity contribution in [1.29, 1.82) is 0 Å². The van der Waals surface area contributed by atoms with Crippen LogP contribution in [0.4, 0.5) is 11.4 Å². The second-order valence-electron chi connectivity index (χ2n) is 12.6. The Balaban J connectivity index is 1.61. The maximum atomic E-state index is 15.1. The van der Waals surface area contributed by atoms with Crippen LogP contribution >= 0.6 is 27.7 Å². The highest BCUT2D eigenvalue weighted by Gasteiger charge is 2.76. The Morgan fingerprint density at radius 1 is 1.04 bits per heavy atom. The molecule has 1 N–H and O–H groups in total. The number of likely N-dealkylation sites (tertiary alicyclic amines) is 1. The number of methoxy groups -OCH3 is 1. The van der Waals surface area contributed by atoms with Gasteiger partial charge < -0.3 is 29.3 Å². The minimum Gasteiger partial charge on any atom is -0.497 e. The first-order chi connectivity index (χ1) is 23.1. The lowest BCUT2D eigenvalue weighted by Gasteiger charge is -2.41. The average Bonchev–Trinajstić information content (AvgIpc) is 3.69. The average molecular weight is 741 g/mol. The molecule has 1 spiro atoms. The van der Waals surface area contributed by atoms with E-state index in [4.69, 9.17) is 9.47 Å². The van der Waals surface area contributed by atoms with Gasteiger partial charge in [0.25, 0.3) is 5.91 Å². The van der Waals surface area contributed by atoms with Gasteiger partial charge in [0.15, 0.2) is 0 Å². The van der Waals surface area contributed by atoms with E-state index >= 15 is 4.79 Å². The number of ether oxygens (including phenoxy) is 2. The van der Waals surface area contributed by atoms with Gasteiger partial charge in [-0.25, -0.2) is 0 Å². The van der Waals surface area contributed by atoms with Gasteiger partial charge in [-0.2, -0.15) is 0 Å². The van der Waals surface area contributed by atoms with Gasteiger partial charge in [0.2, 0.25) is 11.8 Å². The summed E-state index contributed by atoms with van der Waals surface area (Å²) in [4.78, 5) is 49.6. The normalized spacial score (nSPS) is 26.8. The standard InChI is InChI=1S/C37H46BrN3O6S/c1-7-19-39(24-13-17-27(18-14-24)47-10-4)34(43)30-31-35(44)41(29(22-42)23(5)9-3)33(37(31)21-28(38)32(30)48-37)36(45)40(20-8-2)25-11-15-26(46-6)16-12-25/h7-8,11-18,23,28-33,42H,1-2,9-10,19-22H2,3-6H3/t23-,28?,29-,30-,31-,32-,33?,37?/m0/s1. The van der Waals surface area contributed by atoms with E-state index in [0.29, 0.717) is 42.3 Å². The molecule has 2 aromatic carbocycles. The molecule has 2 bridgehead atoms. The summed E-state index contributed by atoms with van der Waals surface area (Å²) >= 11 is 5.47. The third kappa shape index (κ3) is 6.18. The van der Waals surface area contributed by atoms with E-state index in [1.54, 1.807) is 57.9 Å². The number of aliphatic hydroxyl groups excluding tert-OH is 1. The number of thioether (sulfide) groups is 1. The number of hydrogen-bond donors (Lipinski definition) is 1. The lowest BCUT2D eigenvalue weighted by Crippen LogP contribution is -2.59. The van der Waals surface area contributed by atoms with Crippen molar-refractivity contribution in [3.63, 3.8) is 0 Å². The summed E-state index contributed by atoms with van der Waals surface area (Å²) < 4.78 is 10.1. The number of anilines is 2. The fraction of sp³-hybridized carbons (Fsp3) is 0.486. The first-order valence-corrected chi connectivity index (χ1v) is 18.4. The number of fused-ring (bicyclic) bond motifs is 1. The summed E-state index contributed by atoms with van der Waals surface area (Å²) in [5.41, 5.74) is 1.32. The van der Waals surface area contributed by atoms with Gasteiger partial charge in [-0.3, -0.25) is 14.4 Å². The van der Waals surface area contributed by atoms with E-state index in [2.05, 4.69) is 29.1 Å². The van der Waals surface area contributed by atoms with Crippen LogP contribution in [0.1, 0.15) is 33.6 Å². The third-order valence-corrected chi connectivity index (χ3v) is 13.3. The summed E-state index contributed by atoms with van der Waals surface area (Å²) in [5, 5.41) is 10.6. The van der Waals surface area contributed by atoms with E-state index in [1.807, 2.05) is 57.2 Å². The molecule has 5 rings (SSSR count). The van der Waals surface area contributed by atoms with Crippen LogP contribution in [0, 0.1) is 17.8 Å². The molecule has 0 aliphatic carbocycles. The van der Waals surface area contributed by atoms with Crippen molar-refractivity contribution < 1.29 is 29.0 Å². The molecule has 258 valence electrons. The van der Waals surface area contributed by atoms with Gasteiger partial charge in [0.05, 0.1) is 42.9 Å². The lowest BCUT2D eigenvalue weighted by atomic mass is 9.70. The monoisotopic (exact) mass is 739 g/mol. The zero-order valence-electron chi connectivity index (χ0n) is 28.1. The van der Waals surface area contributed by atoms with Crippen LogP contribution in [0.25, 0.3) is 0 Å². The molecule has 0 aromatic heterocycles. The fourth-order valence-corrected chi connectivity index (χ4v) is 11.3. The topological polar surface area (TPSA) is 99.6 Å². The Labute approximate surface area is 296 Å². The van der Waals surface area contributed by atoms with Gasteiger partial charge in [-0.1, -0.05) is 48.4 Å². The Morgan fingerprint density at radius 3 is 2.10 bits per heavy atom. The molecule has 3 aliphatic heterocycles. The molecule has 0 saturated carbocycles. The van der Waals surface area contributed by atoms with E-state index < -0.39 is 28.7 Å². The Kier molecular flexibility index (Phi) is 11.3. The quantitative estimate of drug-likeness (QED) is 0.185. The van der Waals surface area contributed by atoms with Gasteiger partial charge in [0, 0.05) is 34.5 Å². The maximum Gasteiger partial charge on any atom is 0.251 e. The van der Waals surface area contributed by atoms with Crippen LogP contribution in [0.2, 0.25) is 0 Å². The molecule has 3 unspecified atom stereocenters. The first kappa shape index (κ1) is 36.0. The van der Waals surface area contributed by atoms with Gasteiger partial charge in [0.1, 0.15) is 17.5 Å². The number of benzene rings is 2. The van der Waals surface area contributed by atoms with Crippen molar-refractivity contribution in [3.8, 4) is 11.5 Å². The number of carbonyl (C=O) groups is 3. The second kappa shape index (κ2) is 15.1. The van der Waals surface area contributed by atoms with E-state index in [9.17, 15) is 14.7 Å². The summed E-state index contributed by atoms with van der Waals surface area (Å²) in [6.07, 6.45) is 4.58. The highest BCUT2D eigenvalue weighted by molar-refractivity contribution is 9.09. The van der Waals surface area contributed by atoms with Gasteiger partial charge in [-0.05, 0) is 67.8 Å². The molecule has 2 aromatic rings. The molecule has 8 atom stereocenters. The summed E-state index contributed by atoms with van der Waals surface area (Å²) in [6, 6.07) is 13.1. The largest absolute Gasteiger partial charge is 0.497 e. The predicted molar refractivity (Wildman–Crippen MR) is 195 cm³/mol. The highest BCUT2D eigenvalue weighted by Crippen LogP contribution is 2.68. The molecule has 3 heterocycles. The number of rotatable bonds is 15. The van der Waals surface area contributed by atoms with Crippen LogP contribution in [-0.4, -0.2) is 88.0 Å². The molecule has 11 heteroatoms. The minimum atomic E-state index is -0.908. The molecule has 3 amide bonds. The summed E-state index contributed by atoms with van der Waals surface area (Å²) in [7, 11) is 1.58. The fourth-order valence-electron chi connectivity index (χ4n) is 7.68. The molecular weight excluding hydrogens is 694 g/mol. The smallest absolute Gasteiger partial charge is 0.251 e. The van der Waals surface area contributed by atoms with Crippen molar-refractivity contribution in [3.05, 3.63) is 73.8 Å². The minimum absolute atomic E-state index is 0.0874. The number of amides is 3. The number of nitrogens with zero attached hydrogens (tertiary/aromatic N) is 3. The highest BCUT2D eigenvalue weighted by atomic mass is 79.9. The van der Waals surface area contributed by atoms with Crippen molar-refractivity contribution in [2.75, 3.05) is 43.2 Å². The van der Waals surface area contributed by atoms with Crippen molar-refractivity contribution in [2.24, 2.45) is 17.8 Å². The third-order valence-electron chi connectivity index (χ3n) is 10.1. The SMILES string of the molecule is C=CCN(C(=O)C1N([C@@H](CO)[C@@H](C)CC)C(=O)[C@@H]2[C@H](C(=O)N(CC=C)c3ccc(OCC)cc3)[C@H]3SC12CC3Br)c1ccc(OC)cc1. The lowest BCUT2D eigenvalue weighted by molar-refractivity contribution is -0.143. The van der Waals surface area contributed by atoms with Crippen molar-refractivity contribution >= 4 is 56.8 Å². The zero-order chi connectivity index (χ0) is 34.7. The number of carbonyl (C=O) groups excluding carboxylic acids is 3. The van der Waals surface area contributed by atoms with Crippen molar-refractivity contribution in [2.45, 2.75) is 60.5 Å². The molecular formula is C37H46BrN3O6S. The first-order valence-electron chi connectivity index (χ1n) is 16.6. The predicted octanol–water partition coefficient (Wildman–Crippen LogP) is 5.70. The second-order valence-corrected chi connectivity index (χ2v) is 15.4. The van der Waals surface area contributed by atoms with Crippen LogP contribution in [0.5, 0.6) is 11.5 Å². The number of aliphatic hydroxyl groups is 1. The Hall–Kier alpha value is -3.28. The molecule has 48 heavy (non-hydrogen) atoms. The van der Waals surface area contributed by atoms with Crippen LogP contribution in [0.15, 0.2) is 73.8 Å². The number of halogens is 1. The van der Waals surface area contributed by atoms with Crippen LogP contribution in [0.3, 0.4) is 0 Å². The summed E-state index contributed by atoms with van der Waals surface area (Å²) in [5.74, 6) is -0.872. The van der Waals surface area contributed by atoms with Gasteiger partial charge in [-0.15, -0.1) is 24.9 Å². The van der Waals surface area contributed by atoms with Crippen molar-refractivity contribution in [1.82, 2.24) is 4.90 Å². The van der Waals surface area contributed by atoms with Crippen LogP contribution < -0.4 is 19.3 Å². The van der Waals surface area contributed by atoms with Crippen LogP contribution in [-0.2, 0) is 14.4 Å². The van der Waals surface area contributed by atoms with Gasteiger partial charge >= 0.3 is 0 Å². The summed E-state index contributed by atoms with van der Waals surface area (Å²) in [6.45, 7) is 14.4. The van der Waals surface area contributed by atoms with E-state index in [-0.39, 0.29) is 53.4 Å². The maximum absolute atomic E-state index is 15.1. The molecule has 3 saturated heterocycles.